The summed E-state index contributed by atoms with van der Waals surface area (Å²) in [5.74, 6) is 0.974. The van der Waals surface area contributed by atoms with Crippen molar-refractivity contribution in [1.29, 1.82) is 0 Å². The van der Waals surface area contributed by atoms with E-state index in [9.17, 15) is 0 Å². The lowest BCUT2D eigenvalue weighted by Gasteiger charge is -2.37. The molecule has 4 aromatic carbocycles. The molecule has 0 saturated carbocycles. The maximum Gasteiger partial charge on any atom is 0.250 e. The fourth-order valence-electron chi connectivity index (χ4n) is 4.29. The molecule has 4 aromatic rings. The normalized spacial score (nSPS) is 12.4. The van der Waals surface area contributed by atoms with E-state index < -0.39 is 16.4 Å². The highest BCUT2D eigenvalue weighted by Crippen LogP contribution is 2.37. The number of hydrogen-bond acceptors (Lipinski definition) is 1. The molecule has 0 atom stereocenters. The van der Waals surface area contributed by atoms with Gasteiger partial charge < -0.3 is 4.43 Å². The van der Waals surface area contributed by atoms with Gasteiger partial charge in [0.2, 0.25) is 8.32 Å². The fourth-order valence-corrected chi connectivity index (χ4v) is 10.1. The van der Waals surface area contributed by atoms with Gasteiger partial charge in [0, 0.05) is 0 Å². The molecule has 0 saturated heterocycles. The van der Waals surface area contributed by atoms with Crippen molar-refractivity contribution in [2.45, 2.75) is 38.9 Å². The maximum atomic E-state index is 6.61. The van der Waals surface area contributed by atoms with Crippen LogP contribution in [0.15, 0.2) is 115 Å². The summed E-state index contributed by atoms with van der Waals surface area (Å²) in [7, 11) is -4.35. The molecular formula is C30H34OSi2. The Hall–Kier alpha value is -2.89. The summed E-state index contributed by atoms with van der Waals surface area (Å²) < 4.78 is 6.61. The molecule has 0 aliphatic rings. The number of benzene rings is 4. The SMILES string of the molecule is CC(C)(C)[Si](C)(C)Oc1ccc([Si](c2ccccc2)(c2ccccc2)c2ccccc2)cc1. The minimum absolute atomic E-state index is 0.169. The standard InChI is InChI=1S/C30H34OSi2/c1-30(2,3)32(4,5)31-25-21-23-29(24-22-25)33(26-15-9-6-10-16-26,27-17-11-7-12-18-27)28-19-13-8-14-20-28/h6-24H,1-5H3. The Bertz CT molecular complexity index is 1070. The van der Waals surface area contributed by atoms with Gasteiger partial charge in [-0.3, -0.25) is 0 Å². The Morgan fingerprint density at radius 1 is 0.485 bits per heavy atom. The van der Waals surface area contributed by atoms with Crippen LogP contribution in [-0.4, -0.2) is 16.4 Å². The average molecular weight is 467 g/mol. The predicted molar refractivity (Wildman–Crippen MR) is 148 cm³/mol. The monoisotopic (exact) mass is 466 g/mol. The molecule has 168 valence electrons. The molecule has 4 rings (SSSR count). The van der Waals surface area contributed by atoms with Crippen molar-refractivity contribution < 1.29 is 4.43 Å². The van der Waals surface area contributed by atoms with Crippen LogP contribution in [0.2, 0.25) is 18.1 Å². The van der Waals surface area contributed by atoms with E-state index >= 15 is 0 Å². The zero-order valence-corrected chi connectivity index (χ0v) is 22.4. The van der Waals surface area contributed by atoms with Crippen molar-refractivity contribution in [1.82, 2.24) is 0 Å². The second kappa shape index (κ2) is 9.16. The summed E-state index contributed by atoms with van der Waals surface area (Å²) in [4.78, 5) is 0. The molecule has 0 aromatic heterocycles. The van der Waals surface area contributed by atoms with Gasteiger partial charge in [-0.05, 0) is 51.0 Å². The maximum absolute atomic E-state index is 6.61. The van der Waals surface area contributed by atoms with E-state index in [1.807, 2.05) is 0 Å². The molecule has 0 fully saturated rings. The van der Waals surface area contributed by atoms with Crippen molar-refractivity contribution in [3.63, 3.8) is 0 Å². The van der Waals surface area contributed by atoms with Crippen LogP contribution < -0.4 is 25.2 Å². The molecule has 0 bridgehead atoms. The quantitative estimate of drug-likeness (QED) is 0.271. The first-order valence-corrected chi connectivity index (χ1v) is 16.6. The van der Waals surface area contributed by atoms with E-state index in [1.54, 1.807) is 0 Å². The fraction of sp³-hybridized carbons (Fsp3) is 0.200. The van der Waals surface area contributed by atoms with Crippen molar-refractivity contribution in [2.24, 2.45) is 0 Å². The van der Waals surface area contributed by atoms with Crippen LogP contribution in [0.1, 0.15) is 20.8 Å². The third-order valence-electron chi connectivity index (χ3n) is 7.09. The van der Waals surface area contributed by atoms with E-state index in [0.717, 1.165) is 5.75 Å². The van der Waals surface area contributed by atoms with Gasteiger partial charge in [-0.25, -0.2) is 0 Å². The molecule has 1 nitrogen and oxygen atoms in total. The zero-order chi connectivity index (χ0) is 23.5. The first kappa shape index (κ1) is 23.3. The molecule has 0 unspecified atom stereocenters. The summed E-state index contributed by atoms with van der Waals surface area (Å²) in [5, 5.41) is 5.71. The second-order valence-corrected chi connectivity index (χ2v) is 18.8. The first-order valence-electron chi connectivity index (χ1n) is 11.7. The highest BCUT2D eigenvalue weighted by molar-refractivity contribution is 7.19. The summed E-state index contributed by atoms with van der Waals surface area (Å²) in [6.45, 7) is 11.5. The first-order chi connectivity index (χ1) is 15.7. The lowest BCUT2D eigenvalue weighted by molar-refractivity contribution is 0.492. The van der Waals surface area contributed by atoms with Crippen LogP contribution in [0, 0.1) is 0 Å². The van der Waals surface area contributed by atoms with Crippen molar-refractivity contribution in [3.8, 4) is 5.75 Å². The summed E-state index contributed by atoms with van der Waals surface area (Å²) >= 11 is 0. The van der Waals surface area contributed by atoms with Gasteiger partial charge in [0.25, 0.3) is 0 Å². The minimum Gasteiger partial charge on any atom is -0.544 e. The van der Waals surface area contributed by atoms with E-state index in [-0.39, 0.29) is 5.04 Å². The lowest BCUT2D eigenvalue weighted by atomic mass is 10.2. The van der Waals surface area contributed by atoms with E-state index in [1.165, 1.54) is 20.7 Å². The Morgan fingerprint density at radius 3 is 1.15 bits per heavy atom. The van der Waals surface area contributed by atoms with Gasteiger partial charge in [-0.2, -0.15) is 0 Å². The number of rotatable bonds is 6. The topological polar surface area (TPSA) is 9.23 Å². The smallest absolute Gasteiger partial charge is 0.250 e. The third kappa shape index (κ3) is 4.48. The van der Waals surface area contributed by atoms with Crippen molar-refractivity contribution in [2.75, 3.05) is 0 Å². The molecule has 3 heteroatoms. The minimum atomic E-state index is -2.46. The Balaban J connectivity index is 1.91. The molecule has 33 heavy (non-hydrogen) atoms. The van der Waals surface area contributed by atoms with E-state index in [2.05, 4.69) is 149 Å². The van der Waals surface area contributed by atoms with Crippen molar-refractivity contribution >= 4 is 37.1 Å². The molecule has 0 radical (unpaired) electrons. The van der Waals surface area contributed by atoms with Crippen LogP contribution in [-0.2, 0) is 0 Å². The van der Waals surface area contributed by atoms with Crippen LogP contribution in [0.4, 0.5) is 0 Å². The Kier molecular flexibility index (Phi) is 6.46. The molecule has 0 N–H and O–H groups in total. The van der Waals surface area contributed by atoms with Gasteiger partial charge in [-0.15, -0.1) is 0 Å². The highest BCUT2D eigenvalue weighted by atomic mass is 28.4. The average Bonchev–Trinajstić information content (AvgIpc) is 2.82. The summed E-state index contributed by atoms with van der Waals surface area (Å²) in [6.07, 6.45) is 0. The highest BCUT2D eigenvalue weighted by Gasteiger charge is 2.42. The van der Waals surface area contributed by atoms with Crippen LogP contribution in [0.25, 0.3) is 0 Å². The van der Waals surface area contributed by atoms with Gasteiger partial charge in [0.15, 0.2) is 8.07 Å². The van der Waals surface area contributed by atoms with E-state index in [4.69, 9.17) is 4.43 Å². The molecule has 0 aliphatic carbocycles. The summed E-state index contributed by atoms with van der Waals surface area (Å²) in [6, 6.07) is 42.1. The van der Waals surface area contributed by atoms with Gasteiger partial charge in [0.1, 0.15) is 5.75 Å². The summed E-state index contributed by atoms with van der Waals surface area (Å²) in [5.41, 5.74) is 0. The molecule has 0 heterocycles. The molecular weight excluding hydrogens is 433 g/mol. The lowest BCUT2D eigenvalue weighted by Crippen LogP contribution is -2.74. The van der Waals surface area contributed by atoms with Crippen molar-refractivity contribution in [3.05, 3.63) is 115 Å². The largest absolute Gasteiger partial charge is 0.544 e. The van der Waals surface area contributed by atoms with E-state index in [0.29, 0.717) is 0 Å². The van der Waals surface area contributed by atoms with Gasteiger partial charge in [-0.1, -0.05) is 124 Å². The molecule has 0 amide bonds. The van der Waals surface area contributed by atoms with Gasteiger partial charge >= 0.3 is 0 Å². The zero-order valence-electron chi connectivity index (χ0n) is 20.4. The van der Waals surface area contributed by atoms with Crippen LogP contribution in [0.5, 0.6) is 5.75 Å². The Labute approximate surface area is 201 Å². The van der Waals surface area contributed by atoms with Crippen LogP contribution >= 0.6 is 0 Å². The third-order valence-corrected chi connectivity index (χ3v) is 16.2. The molecule has 0 spiro atoms. The second-order valence-electron chi connectivity index (χ2n) is 10.2. The predicted octanol–water partition coefficient (Wildman–Crippen LogP) is 5.45. The number of hydrogen-bond donors (Lipinski definition) is 0. The molecule has 0 aliphatic heterocycles. The van der Waals surface area contributed by atoms with Gasteiger partial charge in [0.05, 0.1) is 0 Å². The Morgan fingerprint density at radius 2 is 0.818 bits per heavy atom. The van der Waals surface area contributed by atoms with Crippen LogP contribution in [0.3, 0.4) is 0 Å².